The number of carboxylic acids is 1. The van der Waals surface area contributed by atoms with Crippen LogP contribution in [-0.2, 0) is 4.79 Å². The number of hydrogen-bond acceptors (Lipinski definition) is 4. The molecule has 7 heteroatoms. The van der Waals surface area contributed by atoms with Gasteiger partial charge < -0.3 is 5.11 Å². The fourth-order valence-electron chi connectivity index (χ4n) is 1.72. The lowest BCUT2D eigenvalue weighted by Gasteiger charge is -2.13. The SMILES string of the molecule is CC1=NN=C(SCC(=O)O)C/C1=C\c1c(Cl)cccc1Cl. The number of allylic oxidation sites excluding steroid dienone is 1. The van der Waals surface area contributed by atoms with Crippen LogP contribution in [0.3, 0.4) is 0 Å². The van der Waals surface area contributed by atoms with Gasteiger partial charge in [-0.2, -0.15) is 5.10 Å². The number of halogens is 2. The number of hydrogen-bond donors (Lipinski definition) is 1. The van der Waals surface area contributed by atoms with Gasteiger partial charge in [-0.1, -0.05) is 41.0 Å². The number of rotatable bonds is 3. The molecule has 0 spiro atoms. The van der Waals surface area contributed by atoms with Crippen LogP contribution < -0.4 is 0 Å². The molecule has 110 valence electrons. The molecule has 0 saturated heterocycles. The maximum Gasteiger partial charge on any atom is 0.313 e. The molecule has 1 aliphatic rings. The molecular weight excluding hydrogens is 331 g/mol. The van der Waals surface area contributed by atoms with E-state index in [1.807, 2.05) is 13.0 Å². The molecule has 0 radical (unpaired) electrons. The van der Waals surface area contributed by atoms with Crippen molar-refractivity contribution in [2.75, 3.05) is 5.75 Å². The second kappa shape index (κ2) is 7.11. The first kappa shape index (κ1) is 16.1. The molecule has 0 fully saturated rings. The van der Waals surface area contributed by atoms with Crippen molar-refractivity contribution in [3.63, 3.8) is 0 Å². The number of benzene rings is 1. The van der Waals surface area contributed by atoms with Crippen LogP contribution in [0.25, 0.3) is 6.08 Å². The molecule has 0 aromatic heterocycles. The Balaban J connectivity index is 2.25. The Hall–Kier alpha value is -1.30. The highest BCUT2D eigenvalue weighted by molar-refractivity contribution is 8.14. The van der Waals surface area contributed by atoms with Gasteiger partial charge in [0.2, 0.25) is 0 Å². The molecule has 1 heterocycles. The summed E-state index contributed by atoms with van der Waals surface area (Å²) in [6.07, 6.45) is 2.40. The summed E-state index contributed by atoms with van der Waals surface area (Å²) in [7, 11) is 0. The summed E-state index contributed by atoms with van der Waals surface area (Å²) in [5.41, 5.74) is 2.42. The molecule has 1 aromatic rings. The number of carbonyl (C=O) groups is 1. The van der Waals surface area contributed by atoms with Gasteiger partial charge >= 0.3 is 5.97 Å². The smallest absolute Gasteiger partial charge is 0.313 e. The van der Waals surface area contributed by atoms with Gasteiger partial charge in [0.15, 0.2) is 0 Å². The van der Waals surface area contributed by atoms with Gasteiger partial charge in [0.25, 0.3) is 0 Å². The molecule has 21 heavy (non-hydrogen) atoms. The van der Waals surface area contributed by atoms with Gasteiger partial charge in [0.05, 0.1) is 11.5 Å². The Kier molecular flexibility index (Phi) is 5.45. The Bertz CT molecular complexity index is 649. The molecular formula is C14H12Cl2N2O2S. The van der Waals surface area contributed by atoms with Crippen molar-refractivity contribution in [2.24, 2.45) is 10.2 Å². The Morgan fingerprint density at radius 1 is 1.38 bits per heavy atom. The standard InChI is InChI=1S/C14H12Cl2N2O2S/c1-8-9(5-10-11(15)3-2-4-12(10)16)6-13(18-17-8)21-7-14(19)20/h2-5H,6-7H2,1H3,(H,19,20)/b9-5+. The van der Waals surface area contributed by atoms with E-state index in [1.165, 1.54) is 11.8 Å². The van der Waals surface area contributed by atoms with Crippen LogP contribution in [0.5, 0.6) is 0 Å². The molecule has 1 N–H and O–H groups in total. The summed E-state index contributed by atoms with van der Waals surface area (Å²) in [5, 5.41) is 18.6. The number of aliphatic carboxylic acids is 1. The van der Waals surface area contributed by atoms with Crippen molar-refractivity contribution in [2.45, 2.75) is 13.3 Å². The van der Waals surface area contributed by atoms with Gasteiger partial charge in [0.1, 0.15) is 5.04 Å². The van der Waals surface area contributed by atoms with Crippen LogP contribution in [0.1, 0.15) is 18.9 Å². The Morgan fingerprint density at radius 3 is 2.67 bits per heavy atom. The lowest BCUT2D eigenvalue weighted by Crippen LogP contribution is -2.10. The lowest BCUT2D eigenvalue weighted by atomic mass is 10.0. The molecule has 0 atom stereocenters. The largest absolute Gasteiger partial charge is 0.481 e. The van der Waals surface area contributed by atoms with Crippen molar-refractivity contribution in [1.29, 1.82) is 0 Å². The summed E-state index contributed by atoms with van der Waals surface area (Å²) in [5.74, 6) is -0.915. The maximum atomic E-state index is 10.6. The third-order valence-electron chi connectivity index (χ3n) is 2.80. The van der Waals surface area contributed by atoms with E-state index < -0.39 is 5.97 Å². The fraction of sp³-hybridized carbons (Fsp3) is 0.214. The van der Waals surface area contributed by atoms with Crippen molar-refractivity contribution >= 4 is 57.8 Å². The molecule has 1 aliphatic heterocycles. The van der Waals surface area contributed by atoms with Crippen molar-refractivity contribution in [3.05, 3.63) is 39.4 Å². The first-order valence-corrected chi connectivity index (χ1v) is 7.82. The molecule has 0 aliphatic carbocycles. The second-order valence-corrected chi connectivity index (χ2v) is 6.21. The summed E-state index contributed by atoms with van der Waals surface area (Å²) in [6.45, 7) is 1.85. The average Bonchev–Trinajstić information content (AvgIpc) is 2.43. The second-order valence-electron chi connectivity index (χ2n) is 4.34. The molecule has 0 amide bonds. The third kappa shape index (κ3) is 4.33. The topological polar surface area (TPSA) is 62.0 Å². The third-order valence-corrected chi connectivity index (χ3v) is 4.41. The minimum absolute atomic E-state index is 0.0342. The minimum Gasteiger partial charge on any atom is -0.481 e. The van der Waals surface area contributed by atoms with E-state index in [-0.39, 0.29) is 5.75 Å². The van der Waals surface area contributed by atoms with E-state index in [0.29, 0.717) is 21.5 Å². The molecule has 0 saturated carbocycles. The van der Waals surface area contributed by atoms with E-state index in [4.69, 9.17) is 28.3 Å². The first-order valence-electron chi connectivity index (χ1n) is 6.08. The summed E-state index contributed by atoms with van der Waals surface area (Å²) in [4.78, 5) is 10.6. The van der Waals surface area contributed by atoms with Crippen LogP contribution in [0, 0.1) is 0 Å². The average molecular weight is 343 g/mol. The van der Waals surface area contributed by atoms with Gasteiger partial charge in [-0.15, -0.1) is 5.10 Å². The predicted molar refractivity (Wildman–Crippen MR) is 89.7 cm³/mol. The monoisotopic (exact) mass is 342 g/mol. The van der Waals surface area contributed by atoms with E-state index in [1.54, 1.807) is 18.2 Å². The highest BCUT2D eigenvalue weighted by atomic mass is 35.5. The van der Waals surface area contributed by atoms with Crippen LogP contribution in [-0.4, -0.2) is 27.6 Å². The van der Waals surface area contributed by atoms with Crippen LogP contribution >= 0.6 is 35.0 Å². The zero-order valence-electron chi connectivity index (χ0n) is 11.1. The molecule has 1 aromatic carbocycles. The van der Waals surface area contributed by atoms with Crippen LogP contribution in [0.4, 0.5) is 0 Å². The van der Waals surface area contributed by atoms with Crippen molar-refractivity contribution in [3.8, 4) is 0 Å². The number of carboxylic acid groups (broad SMARTS) is 1. The number of nitrogens with zero attached hydrogens (tertiary/aromatic N) is 2. The van der Waals surface area contributed by atoms with E-state index in [9.17, 15) is 4.79 Å². The molecule has 2 rings (SSSR count). The lowest BCUT2D eigenvalue weighted by molar-refractivity contribution is -0.133. The Morgan fingerprint density at radius 2 is 2.05 bits per heavy atom. The van der Waals surface area contributed by atoms with E-state index in [0.717, 1.165) is 16.8 Å². The van der Waals surface area contributed by atoms with Crippen molar-refractivity contribution in [1.82, 2.24) is 0 Å². The Labute approximate surface area is 136 Å². The van der Waals surface area contributed by atoms with Gasteiger partial charge in [-0.3, -0.25) is 4.79 Å². The van der Waals surface area contributed by atoms with Crippen LogP contribution in [0.15, 0.2) is 34.0 Å². The fourth-order valence-corrected chi connectivity index (χ4v) is 2.88. The quantitative estimate of drug-likeness (QED) is 0.886. The highest BCUT2D eigenvalue weighted by Crippen LogP contribution is 2.29. The summed E-state index contributed by atoms with van der Waals surface area (Å²) < 4.78 is 0. The minimum atomic E-state index is -0.881. The summed E-state index contributed by atoms with van der Waals surface area (Å²) >= 11 is 13.5. The van der Waals surface area contributed by atoms with Gasteiger partial charge in [0, 0.05) is 22.0 Å². The van der Waals surface area contributed by atoms with Crippen LogP contribution in [0.2, 0.25) is 10.0 Å². The van der Waals surface area contributed by atoms with Gasteiger partial charge in [-0.25, -0.2) is 0 Å². The maximum absolute atomic E-state index is 10.6. The van der Waals surface area contributed by atoms with Gasteiger partial charge in [-0.05, 0) is 30.7 Å². The normalized spacial score (nSPS) is 16.6. The molecule has 0 bridgehead atoms. The summed E-state index contributed by atoms with van der Waals surface area (Å²) in [6, 6.07) is 5.32. The zero-order valence-corrected chi connectivity index (χ0v) is 13.5. The molecule has 0 unspecified atom stereocenters. The zero-order chi connectivity index (χ0) is 15.4. The van der Waals surface area contributed by atoms with E-state index >= 15 is 0 Å². The number of thioether (sulfide) groups is 1. The highest BCUT2D eigenvalue weighted by Gasteiger charge is 2.15. The van der Waals surface area contributed by atoms with Crippen molar-refractivity contribution < 1.29 is 9.90 Å². The predicted octanol–water partition coefficient (Wildman–Crippen LogP) is 4.37. The molecule has 4 nitrogen and oxygen atoms in total. The van der Waals surface area contributed by atoms with E-state index in [2.05, 4.69) is 10.2 Å². The first-order chi connectivity index (χ1) is 9.97.